The van der Waals surface area contributed by atoms with Crippen LogP contribution in [0.25, 0.3) is 0 Å². The van der Waals surface area contributed by atoms with Crippen molar-refractivity contribution in [3.63, 3.8) is 0 Å². The molecule has 4 atom stereocenters. The van der Waals surface area contributed by atoms with E-state index < -0.39 is 24.4 Å². The molecule has 14 nitrogen and oxygen atoms in total. The van der Waals surface area contributed by atoms with Crippen molar-refractivity contribution in [3.8, 4) is 0 Å². The molecule has 0 amide bonds. The molecule has 0 rings (SSSR count). The summed E-state index contributed by atoms with van der Waals surface area (Å²) in [4.78, 5) is 0. The summed E-state index contributed by atoms with van der Waals surface area (Å²) in [5.74, 6) is 0. The summed E-state index contributed by atoms with van der Waals surface area (Å²) in [5, 5.41) is 53.8. The van der Waals surface area contributed by atoms with Gasteiger partial charge in [-0.05, 0) is 32.1 Å². The molecule has 0 aromatic heterocycles. The second kappa shape index (κ2) is 47.8. The van der Waals surface area contributed by atoms with Crippen LogP contribution < -0.4 is 0 Å². The van der Waals surface area contributed by atoms with E-state index in [0.29, 0.717) is 46.1 Å². The first-order valence-corrected chi connectivity index (χ1v) is 15.6. The van der Waals surface area contributed by atoms with Crippen LogP contribution in [0.1, 0.15) is 57.8 Å². The Morgan fingerprint density at radius 1 is 0.340 bits per heavy atom. The van der Waals surface area contributed by atoms with Crippen LogP contribution in [0.15, 0.2) is 0 Å². The summed E-state index contributed by atoms with van der Waals surface area (Å²) < 4.78 is 38.8. The molecule has 0 spiro atoms. The van der Waals surface area contributed by atoms with E-state index in [2.05, 4.69) is 47.4 Å². The molecule has 0 bridgehead atoms. The van der Waals surface area contributed by atoms with E-state index in [4.69, 9.17) is 39.4 Å². The summed E-state index contributed by atoms with van der Waals surface area (Å²) in [6, 6.07) is 0. The molecular weight excluding hydrogens is 1130 g/mol. The maximum atomic E-state index is 9.21. The van der Waals surface area contributed by atoms with Crippen molar-refractivity contribution >= 4 is 0 Å². The maximum absolute atomic E-state index is 9.21. The van der Waals surface area contributed by atoms with Crippen molar-refractivity contribution in [2.45, 2.75) is 82.2 Å². The number of hydrogen-bond acceptors (Lipinski definition) is 14. The molecule has 0 fully saturated rings. The third kappa shape index (κ3) is 53.2. The van der Waals surface area contributed by atoms with Gasteiger partial charge in [0.05, 0.1) is 50.8 Å². The molecule has 47 heavy (non-hydrogen) atoms. The fraction of sp³-hybridized carbons (Fsp3) is 0.871. The van der Waals surface area contributed by atoms with Gasteiger partial charge in [0.25, 0.3) is 0 Å². The third-order valence-electron chi connectivity index (χ3n) is 5.45. The van der Waals surface area contributed by atoms with Gasteiger partial charge in [-0.3, -0.25) is 0 Å². The van der Waals surface area contributed by atoms with E-state index in [9.17, 15) is 10.2 Å². The number of aliphatic hydroxyl groups excluding tert-OH is 6. The number of rotatable bonds is 32. The van der Waals surface area contributed by atoms with E-state index in [-0.39, 0.29) is 52.9 Å². The van der Waals surface area contributed by atoms with Crippen molar-refractivity contribution in [3.05, 3.63) is 28.4 Å². The summed E-state index contributed by atoms with van der Waals surface area (Å²) in [5.41, 5.74) is 0. The summed E-state index contributed by atoms with van der Waals surface area (Å²) in [6.45, 7) is 4.58. The van der Waals surface area contributed by atoms with Crippen LogP contribution in [0.4, 0.5) is 0 Å². The number of aliphatic hydroxyl groups is 6. The molecule has 4 unspecified atom stereocenters. The first kappa shape index (κ1) is 53.9. The minimum Gasteiger partial charge on any atom is -0.553 e. The van der Waals surface area contributed by atoms with Gasteiger partial charge in [-0.1, -0.05) is 25.7 Å². The van der Waals surface area contributed by atoms with Crippen LogP contribution in [0, 0.1) is 28.4 Å². The molecule has 0 aliphatic heterocycles. The van der Waals surface area contributed by atoms with Crippen molar-refractivity contribution < 1.29 is 68.5 Å². The molecule has 0 radical (unpaired) electrons. The van der Waals surface area contributed by atoms with Crippen molar-refractivity contribution in [2.75, 3.05) is 92.5 Å². The Hall–Kier alpha value is -2.56. The summed E-state index contributed by atoms with van der Waals surface area (Å²) in [6.07, 6.45) is 6.07. The minimum atomic E-state index is -0.649. The van der Waals surface area contributed by atoms with Gasteiger partial charge in [-0.15, -0.1) is 0 Å². The van der Waals surface area contributed by atoms with Crippen LogP contribution in [0.5, 0.6) is 0 Å². The SMILES string of the molecule is [CH2-]OCC(O)COCCCCCCO.[CH2-]OCC(O)COCCCCCCO.[CH2-]OCC(O)COCCCOCC(O)CO[CH2-].[Rf].[Rf]. The number of unbranched alkanes of at least 4 members (excludes halogenated alkanes) is 6. The van der Waals surface area contributed by atoms with Crippen LogP contribution in [0.2, 0.25) is 0 Å². The molecular formula is C31H64O14Rf2-4. The van der Waals surface area contributed by atoms with Crippen LogP contribution in [-0.2, 0) is 37.9 Å². The standard InChI is InChI=1S/C11H22O6.2C10H21O4.2Rf/c1-14-6-10(12)8-16-4-3-5-17-9-11(13)7-15-2;2*1-13-8-10(12)9-14-7-5-3-2-4-6-11;;/h10-13H,1-9H2;2*10-12H,1-9H2;;/q-2;2*-1;;. The second-order valence-electron chi connectivity index (χ2n) is 10.0. The zero-order chi connectivity index (χ0) is 34.2. The van der Waals surface area contributed by atoms with E-state index in [1.54, 1.807) is 0 Å². The fourth-order valence-electron chi connectivity index (χ4n) is 3.22. The zero-order valence-corrected chi connectivity index (χ0v) is 41.6. The smallest absolute Gasteiger partial charge is 0.0976 e. The van der Waals surface area contributed by atoms with Gasteiger partial charge >= 0.3 is 0 Å². The van der Waals surface area contributed by atoms with Crippen LogP contribution >= 0.6 is 0 Å². The van der Waals surface area contributed by atoms with Gasteiger partial charge in [0.2, 0.25) is 0 Å². The van der Waals surface area contributed by atoms with Gasteiger partial charge in [0.1, 0.15) is 0 Å². The molecule has 0 aliphatic rings. The normalized spacial score (nSPS) is 13.1. The van der Waals surface area contributed by atoms with E-state index in [0.717, 1.165) is 51.4 Å². The third-order valence-corrected chi connectivity index (χ3v) is 5.45. The van der Waals surface area contributed by atoms with Crippen molar-refractivity contribution in [2.24, 2.45) is 0 Å². The summed E-state index contributed by atoms with van der Waals surface area (Å²) >= 11 is 0. The first-order chi connectivity index (χ1) is 21.8. The molecule has 16 heteroatoms. The number of ether oxygens (including phenoxy) is 8. The average molecular weight is 1190 g/mol. The Morgan fingerprint density at radius 2 is 0.574 bits per heavy atom. The first-order valence-electron chi connectivity index (χ1n) is 15.6. The maximum Gasteiger partial charge on any atom is 0.0976 e. The topological polar surface area (TPSA) is 195 Å². The predicted molar refractivity (Wildman–Crippen MR) is 168 cm³/mol. The second-order valence-corrected chi connectivity index (χ2v) is 10.0. The molecule has 6 N–H and O–H groups in total. The predicted octanol–water partition coefficient (Wildman–Crippen LogP) is 1.20. The Kier molecular flexibility index (Phi) is 54.9. The molecule has 0 saturated heterocycles. The Morgan fingerprint density at radius 3 is 0.809 bits per heavy atom. The minimum absolute atomic E-state index is 0. The Labute approximate surface area is 271 Å². The molecule has 280 valence electrons. The van der Waals surface area contributed by atoms with E-state index in [1.165, 1.54) is 0 Å². The van der Waals surface area contributed by atoms with E-state index in [1.807, 2.05) is 0 Å². The molecule has 0 aliphatic carbocycles. The van der Waals surface area contributed by atoms with Crippen LogP contribution in [-0.4, -0.2) is 148 Å². The van der Waals surface area contributed by atoms with Crippen molar-refractivity contribution in [1.82, 2.24) is 0 Å². The number of hydrogen-bond donors (Lipinski definition) is 6. The largest absolute Gasteiger partial charge is 0.553 e. The molecule has 0 aromatic carbocycles. The zero-order valence-electron chi connectivity index (χ0n) is 28.8. The van der Waals surface area contributed by atoms with Gasteiger partial charge in [-0.25, -0.2) is 28.4 Å². The van der Waals surface area contributed by atoms with Gasteiger partial charge in [-0.2, -0.15) is 0 Å². The van der Waals surface area contributed by atoms with Gasteiger partial charge < -0.3 is 68.5 Å². The Bertz CT molecular complexity index is 477. The monoisotopic (exact) mass is 1190 g/mol. The van der Waals surface area contributed by atoms with Crippen molar-refractivity contribution in [1.29, 1.82) is 0 Å². The van der Waals surface area contributed by atoms with Gasteiger partial charge in [0.15, 0.2) is 0 Å². The molecule has 0 heterocycles. The van der Waals surface area contributed by atoms with Gasteiger partial charge in [0, 0.05) is 66.1 Å². The fourth-order valence-corrected chi connectivity index (χ4v) is 3.22. The molecule has 0 saturated carbocycles. The molecule has 0 aromatic rings. The summed E-state index contributed by atoms with van der Waals surface area (Å²) in [7, 11) is 12.6. The van der Waals surface area contributed by atoms with Crippen LogP contribution in [0.3, 0.4) is 0 Å². The average Bonchev–Trinajstić information content (AvgIpc) is 3.01. The quantitative estimate of drug-likeness (QED) is 0.0416. The van der Waals surface area contributed by atoms with E-state index >= 15 is 0 Å². The Balaban J connectivity index is -0.000000185.